The van der Waals surface area contributed by atoms with Gasteiger partial charge in [-0.15, -0.1) is 0 Å². The molecule has 0 aromatic heterocycles. The van der Waals surface area contributed by atoms with Crippen LogP contribution in [-0.2, 0) is 0 Å². The van der Waals surface area contributed by atoms with Gasteiger partial charge in [0.05, 0.1) is 0 Å². The van der Waals surface area contributed by atoms with Gasteiger partial charge in [0.15, 0.2) is 0 Å². The fraction of sp³-hybridized carbons (Fsp3) is 0.462. The van der Waals surface area contributed by atoms with Crippen LogP contribution in [0.2, 0.25) is 0 Å². The standard InChI is InChI=1S/C13H20N2O/c1-4-11(5-2)15-13(16)10-6-7-12(14)9(3)8-10/h6-8,11H,4-5,14H2,1-3H3,(H,15,16). The van der Waals surface area contributed by atoms with Crippen LogP contribution in [0.4, 0.5) is 5.69 Å². The van der Waals surface area contributed by atoms with E-state index in [1.54, 1.807) is 12.1 Å². The molecular formula is C13H20N2O. The number of aryl methyl sites for hydroxylation is 1. The lowest BCUT2D eigenvalue weighted by Gasteiger charge is -2.15. The zero-order valence-corrected chi connectivity index (χ0v) is 10.2. The van der Waals surface area contributed by atoms with Crippen molar-refractivity contribution in [1.29, 1.82) is 0 Å². The topological polar surface area (TPSA) is 55.1 Å². The van der Waals surface area contributed by atoms with Crippen LogP contribution in [-0.4, -0.2) is 11.9 Å². The van der Waals surface area contributed by atoms with Crippen LogP contribution in [0.25, 0.3) is 0 Å². The molecule has 0 aliphatic rings. The van der Waals surface area contributed by atoms with E-state index >= 15 is 0 Å². The lowest BCUT2D eigenvalue weighted by Crippen LogP contribution is -2.33. The van der Waals surface area contributed by atoms with Gasteiger partial charge in [0.2, 0.25) is 0 Å². The molecule has 0 bridgehead atoms. The molecule has 0 radical (unpaired) electrons. The van der Waals surface area contributed by atoms with E-state index in [1.807, 2.05) is 13.0 Å². The Kier molecular flexibility index (Phi) is 4.35. The monoisotopic (exact) mass is 220 g/mol. The normalized spacial score (nSPS) is 10.5. The van der Waals surface area contributed by atoms with Crippen LogP contribution < -0.4 is 11.1 Å². The third-order valence-corrected chi connectivity index (χ3v) is 2.85. The number of nitrogens with two attached hydrogens (primary N) is 1. The van der Waals surface area contributed by atoms with Gasteiger partial charge < -0.3 is 11.1 Å². The molecule has 3 nitrogen and oxygen atoms in total. The molecule has 0 unspecified atom stereocenters. The Labute approximate surface area is 97.0 Å². The van der Waals surface area contributed by atoms with Gasteiger partial charge in [-0.3, -0.25) is 4.79 Å². The maximum Gasteiger partial charge on any atom is 0.251 e. The molecule has 1 aromatic carbocycles. The van der Waals surface area contributed by atoms with Gasteiger partial charge in [-0.25, -0.2) is 0 Å². The molecule has 1 rings (SSSR count). The summed E-state index contributed by atoms with van der Waals surface area (Å²) in [5.74, 6) is -0.0169. The fourth-order valence-corrected chi connectivity index (χ4v) is 1.58. The second kappa shape index (κ2) is 5.54. The van der Waals surface area contributed by atoms with Crippen LogP contribution in [0.15, 0.2) is 18.2 Å². The predicted octanol–water partition coefficient (Wildman–Crippen LogP) is 2.50. The summed E-state index contributed by atoms with van der Waals surface area (Å²) in [6, 6.07) is 5.62. The highest BCUT2D eigenvalue weighted by Gasteiger charge is 2.10. The lowest BCUT2D eigenvalue weighted by atomic mass is 10.1. The first-order valence-corrected chi connectivity index (χ1v) is 5.75. The molecule has 0 aliphatic heterocycles. The van der Waals surface area contributed by atoms with Crippen LogP contribution in [0, 0.1) is 6.92 Å². The number of benzene rings is 1. The smallest absolute Gasteiger partial charge is 0.251 e. The molecule has 88 valence electrons. The highest BCUT2D eigenvalue weighted by atomic mass is 16.1. The quantitative estimate of drug-likeness (QED) is 0.766. The minimum absolute atomic E-state index is 0.0169. The van der Waals surface area contributed by atoms with E-state index < -0.39 is 0 Å². The summed E-state index contributed by atoms with van der Waals surface area (Å²) >= 11 is 0. The summed E-state index contributed by atoms with van der Waals surface area (Å²) < 4.78 is 0. The number of anilines is 1. The predicted molar refractivity (Wildman–Crippen MR) is 67.4 cm³/mol. The Morgan fingerprint density at radius 1 is 1.38 bits per heavy atom. The Bertz CT molecular complexity index is 370. The largest absolute Gasteiger partial charge is 0.399 e. The molecular weight excluding hydrogens is 200 g/mol. The zero-order valence-electron chi connectivity index (χ0n) is 10.2. The maximum absolute atomic E-state index is 11.9. The average Bonchev–Trinajstić information content (AvgIpc) is 2.29. The van der Waals surface area contributed by atoms with Gasteiger partial charge in [0.25, 0.3) is 5.91 Å². The molecule has 16 heavy (non-hydrogen) atoms. The van der Waals surface area contributed by atoms with Crippen LogP contribution in [0.3, 0.4) is 0 Å². The van der Waals surface area contributed by atoms with Crippen LogP contribution in [0.5, 0.6) is 0 Å². The number of carbonyl (C=O) groups is 1. The van der Waals surface area contributed by atoms with Crippen molar-refractivity contribution in [3.8, 4) is 0 Å². The Balaban J connectivity index is 2.76. The molecule has 0 fully saturated rings. The van der Waals surface area contributed by atoms with Crippen LogP contribution in [0.1, 0.15) is 42.6 Å². The number of rotatable bonds is 4. The Morgan fingerprint density at radius 3 is 2.50 bits per heavy atom. The van der Waals surface area contributed by atoms with Gasteiger partial charge in [-0.05, 0) is 43.5 Å². The van der Waals surface area contributed by atoms with Crippen molar-refractivity contribution in [2.24, 2.45) is 0 Å². The van der Waals surface area contributed by atoms with Gasteiger partial charge >= 0.3 is 0 Å². The van der Waals surface area contributed by atoms with Gasteiger partial charge in [-0.1, -0.05) is 13.8 Å². The second-order valence-corrected chi connectivity index (χ2v) is 4.06. The highest BCUT2D eigenvalue weighted by molar-refractivity contribution is 5.95. The van der Waals surface area contributed by atoms with Crippen molar-refractivity contribution in [3.05, 3.63) is 29.3 Å². The molecule has 0 atom stereocenters. The molecule has 1 amide bonds. The fourth-order valence-electron chi connectivity index (χ4n) is 1.58. The number of amides is 1. The van der Waals surface area contributed by atoms with E-state index in [0.29, 0.717) is 5.56 Å². The Hall–Kier alpha value is -1.51. The van der Waals surface area contributed by atoms with E-state index in [1.165, 1.54) is 0 Å². The van der Waals surface area contributed by atoms with E-state index in [-0.39, 0.29) is 11.9 Å². The summed E-state index contributed by atoms with van der Waals surface area (Å²) in [6.45, 7) is 6.05. The number of nitrogens with one attached hydrogen (secondary N) is 1. The second-order valence-electron chi connectivity index (χ2n) is 4.06. The number of hydrogen-bond donors (Lipinski definition) is 2. The van der Waals surface area contributed by atoms with Crippen LogP contribution >= 0.6 is 0 Å². The number of hydrogen-bond acceptors (Lipinski definition) is 2. The van der Waals surface area contributed by atoms with Crippen molar-refractivity contribution >= 4 is 11.6 Å². The van der Waals surface area contributed by atoms with E-state index in [9.17, 15) is 4.79 Å². The van der Waals surface area contributed by atoms with Crippen molar-refractivity contribution in [2.75, 3.05) is 5.73 Å². The van der Waals surface area contributed by atoms with Gasteiger partial charge in [0, 0.05) is 17.3 Å². The summed E-state index contributed by atoms with van der Waals surface area (Å²) in [5.41, 5.74) is 8.05. The van der Waals surface area contributed by atoms with Crippen molar-refractivity contribution < 1.29 is 4.79 Å². The first kappa shape index (κ1) is 12.6. The lowest BCUT2D eigenvalue weighted by molar-refractivity contribution is 0.0935. The molecule has 0 spiro atoms. The summed E-state index contributed by atoms with van der Waals surface area (Å²) in [6.07, 6.45) is 1.91. The summed E-state index contributed by atoms with van der Waals surface area (Å²) in [4.78, 5) is 11.9. The minimum atomic E-state index is -0.0169. The minimum Gasteiger partial charge on any atom is -0.399 e. The zero-order chi connectivity index (χ0) is 12.1. The van der Waals surface area contributed by atoms with Crippen molar-refractivity contribution in [1.82, 2.24) is 5.32 Å². The van der Waals surface area contributed by atoms with Gasteiger partial charge in [0.1, 0.15) is 0 Å². The van der Waals surface area contributed by atoms with E-state index in [4.69, 9.17) is 5.73 Å². The maximum atomic E-state index is 11.9. The first-order chi connectivity index (χ1) is 7.58. The summed E-state index contributed by atoms with van der Waals surface area (Å²) in [7, 11) is 0. The summed E-state index contributed by atoms with van der Waals surface area (Å²) in [5, 5.41) is 3.00. The molecule has 0 aliphatic carbocycles. The molecule has 3 heteroatoms. The first-order valence-electron chi connectivity index (χ1n) is 5.75. The number of nitrogen functional groups attached to an aromatic ring is 1. The van der Waals surface area contributed by atoms with Crippen molar-refractivity contribution in [2.45, 2.75) is 39.7 Å². The SMILES string of the molecule is CCC(CC)NC(=O)c1ccc(N)c(C)c1. The number of carbonyl (C=O) groups excluding carboxylic acids is 1. The van der Waals surface area contributed by atoms with Crippen molar-refractivity contribution in [3.63, 3.8) is 0 Å². The molecule has 1 aromatic rings. The third-order valence-electron chi connectivity index (χ3n) is 2.85. The Morgan fingerprint density at radius 2 is 2.00 bits per heavy atom. The van der Waals surface area contributed by atoms with E-state index in [2.05, 4.69) is 19.2 Å². The molecule has 0 saturated heterocycles. The average molecular weight is 220 g/mol. The van der Waals surface area contributed by atoms with E-state index in [0.717, 1.165) is 24.1 Å². The van der Waals surface area contributed by atoms with Gasteiger partial charge in [-0.2, -0.15) is 0 Å². The molecule has 0 heterocycles. The third kappa shape index (κ3) is 2.99. The molecule has 3 N–H and O–H groups in total. The highest BCUT2D eigenvalue weighted by Crippen LogP contribution is 2.13. The molecule has 0 saturated carbocycles.